The largest absolute Gasteiger partial charge is 0.507 e. The van der Waals surface area contributed by atoms with Crippen LogP contribution in [0.4, 0.5) is 5.69 Å². The summed E-state index contributed by atoms with van der Waals surface area (Å²) in [6, 6.07) is 3.78. The van der Waals surface area contributed by atoms with Crippen molar-refractivity contribution in [1.29, 1.82) is 0 Å². The second kappa shape index (κ2) is 7.10. The second-order valence-corrected chi connectivity index (χ2v) is 5.26. The Kier molecular flexibility index (Phi) is 5.17. The number of carbonyl (C=O) groups is 3. The van der Waals surface area contributed by atoms with E-state index in [0.29, 0.717) is 19.7 Å². The van der Waals surface area contributed by atoms with E-state index < -0.39 is 11.9 Å². The number of aromatic hydroxyl groups is 1. The van der Waals surface area contributed by atoms with E-state index in [1.165, 1.54) is 25.3 Å². The lowest BCUT2D eigenvalue weighted by Gasteiger charge is -2.16. The molecule has 1 atom stereocenters. The number of hydrogen-bond donors (Lipinski definition) is 3. The molecule has 0 saturated carbocycles. The molecule has 124 valence electrons. The Bertz CT molecular complexity index is 630. The number of phenols is 1. The van der Waals surface area contributed by atoms with Crippen LogP contribution < -0.4 is 5.32 Å². The summed E-state index contributed by atoms with van der Waals surface area (Å²) in [6.07, 6.45) is 0.111. The van der Waals surface area contributed by atoms with Crippen molar-refractivity contribution in [2.45, 2.75) is 6.42 Å². The van der Waals surface area contributed by atoms with Gasteiger partial charge in [-0.3, -0.25) is 9.59 Å². The van der Waals surface area contributed by atoms with Gasteiger partial charge in [0.05, 0.1) is 12.5 Å². The Morgan fingerprint density at radius 2 is 2.17 bits per heavy atom. The monoisotopic (exact) mass is 322 g/mol. The van der Waals surface area contributed by atoms with Gasteiger partial charge in [0.15, 0.2) is 0 Å². The van der Waals surface area contributed by atoms with Crippen LogP contribution in [0.15, 0.2) is 18.2 Å². The summed E-state index contributed by atoms with van der Waals surface area (Å²) < 4.78 is 4.92. The van der Waals surface area contributed by atoms with Gasteiger partial charge in [-0.2, -0.15) is 0 Å². The Morgan fingerprint density at radius 3 is 2.83 bits per heavy atom. The van der Waals surface area contributed by atoms with Crippen LogP contribution in [0.2, 0.25) is 0 Å². The zero-order valence-corrected chi connectivity index (χ0v) is 12.6. The van der Waals surface area contributed by atoms with Gasteiger partial charge in [0.25, 0.3) is 0 Å². The first-order chi connectivity index (χ1) is 10.9. The van der Waals surface area contributed by atoms with E-state index >= 15 is 0 Å². The maximum Gasteiger partial charge on any atom is 0.339 e. The summed E-state index contributed by atoms with van der Waals surface area (Å²) in [6.45, 7) is 1.14. The molecule has 1 aliphatic heterocycles. The van der Waals surface area contributed by atoms with Crippen molar-refractivity contribution in [1.82, 2.24) is 4.90 Å². The SMILES string of the molecule is COCCN1CC(C(=O)Nc2ccc(O)c(C(=O)O)c2)CC1=O. The highest BCUT2D eigenvalue weighted by Crippen LogP contribution is 2.23. The molecule has 8 nitrogen and oxygen atoms in total. The highest BCUT2D eigenvalue weighted by Gasteiger charge is 2.34. The zero-order chi connectivity index (χ0) is 17.0. The first-order valence-corrected chi connectivity index (χ1v) is 7.06. The normalized spacial score (nSPS) is 17.3. The van der Waals surface area contributed by atoms with E-state index in [1.807, 2.05) is 0 Å². The molecule has 1 aromatic rings. The Hall–Kier alpha value is -2.61. The molecule has 23 heavy (non-hydrogen) atoms. The molecule has 1 heterocycles. The molecule has 1 saturated heterocycles. The minimum atomic E-state index is -1.29. The van der Waals surface area contributed by atoms with Crippen molar-refractivity contribution in [3.8, 4) is 5.75 Å². The minimum Gasteiger partial charge on any atom is -0.507 e. The smallest absolute Gasteiger partial charge is 0.339 e. The average Bonchev–Trinajstić information content (AvgIpc) is 2.88. The van der Waals surface area contributed by atoms with Gasteiger partial charge >= 0.3 is 5.97 Å². The molecule has 1 aliphatic rings. The summed E-state index contributed by atoms with van der Waals surface area (Å²) in [7, 11) is 1.54. The highest BCUT2D eigenvalue weighted by molar-refractivity contribution is 5.99. The topological polar surface area (TPSA) is 116 Å². The number of hydrogen-bond acceptors (Lipinski definition) is 5. The predicted octanol–water partition coefficient (Wildman–Crippen LogP) is 0.524. The standard InChI is InChI=1S/C15H18N2O6/c1-23-5-4-17-8-9(6-13(17)19)14(20)16-10-2-3-12(18)11(7-10)15(21)22/h2-3,7,9,18H,4-6,8H2,1H3,(H,16,20)(H,21,22). The number of methoxy groups -OCH3 is 1. The van der Waals surface area contributed by atoms with Gasteiger partial charge in [-0.1, -0.05) is 0 Å². The number of carboxylic acid groups (broad SMARTS) is 1. The third-order valence-corrected chi connectivity index (χ3v) is 3.65. The van der Waals surface area contributed by atoms with Crippen LogP contribution in [0.5, 0.6) is 5.75 Å². The van der Waals surface area contributed by atoms with E-state index in [9.17, 15) is 19.5 Å². The van der Waals surface area contributed by atoms with E-state index in [-0.39, 0.29) is 35.2 Å². The van der Waals surface area contributed by atoms with E-state index in [0.717, 1.165) is 0 Å². The Balaban J connectivity index is 2.01. The van der Waals surface area contributed by atoms with Crippen molar-refractivity contribution in [2.75, 3.05) is 32.1 Å². The fourth-order valence-corrected chi connectivity index (χ4v) is 2.39. The number of rotatable bonds is 6. The van der Waals surface area contributed by atoms with Gasteiger partial charge in [-0.15, -0.1) is 0 Å². The van der Waals surface area contributed by atoms with Crippen LogP contribution in [0.25, 0.3) is 0 Å². The maximum absolute atomic E-state index is 12.2. The van der Waals surface area contributed by atoms with E-state index in [2.05, 4.69) is 5.32 Å². The predicted molar refractivity (Wildman–Crippen MR) is 80.3 cm³/mol. The second-order valence-electron chi connectivity index (χ2n) is 5.26. The van der Waals surface area contributed by atoms with Gasteiger partial charge in [0, 0.05) is 32.3 Å². The molecule has 0 radical (unpaired) electrons. The quantitative estimate of drug-likeness (QED) is 0.658. The van der Waals surface area contributed by atoms with E-state index in [4.69, 9.17) is 9.84 Å². The number of aromatic carboxylic acids is 1. The summed E-state index contributed by atoms with van der Waals surface area (Å²) in [5, 5.41) is 21.0. The van der Waals surface area contributed by atoms with E-state index in [1.54, 1.807) is 4.90 Å². The number of anilines is 1. The van der Waals surface area contributed by atoms with Crippen LogP contribution in [-0.2, 0) is 14.3 Å². The third-order valence-electron chi connectivity index (χ3n) is 3.65. The average molecular weight is 322 g/mol. The minimum absolute atomic E-state index is 0.111. The molecule has 1 unspecified atom stereocenters. The number of carboxylic acids is 1. The Morgan fingerprint density at radius 1 is 1.43 bits per heavy atom. The number of benzene rings is 1. The molecular weight excluding hydrogens is 304 g/mol. The first-order valence-electron chi connectivity index (χ1n) is 7.06. The van der Waals surface area contributed by atoms with Gasteiger partial charge in [0.1, 0.15) is 11.3 Å². The molecule has 8 heteroatoms. The lowest BCUT2D eigenvalue weighted by atomic mass is 10.1. The summed E-state index contributed by atoms with van der Waals surface area (Å²) in [5.41, 5.74) is -0.0417. The number of amides is 2. The van der Waals surface area contributed by atoms with Crippen LogP contribution in [0.1, 0.15) is 16.8 Å². The van der Waals surface area contributed by atoms with Crippen LogP contribution in [0, 0.1) is 5.92 Å². The number of nitrogens with zero attached hydrogens (tertiary/aromatic N) is 1. The summed E-state index contributed by atoms with van der Waals surface area (Å²) >= 11 is 0. The van der Waals surface area contributed by atoms with Crippen molar-refractivity contribution in [3.05, 3.63) is 23.8 Å². The molecule has 0 aliphatic carbocycles. The molecule has 0 aromatic heterocycles. The molecule has 2 rings (SSSR count). The number of nitrogens with one attached hydrogen (secondary N) is 1. The van der Waals surface area contributed by atoms with Gasteiger partial charge in [0.2, 0.25) is 11.8 Å². The molecule has 2 amide bonds. The lowest BCUT2D eigenvalue weighted by molar-refractivity contribution is -0.128. The molecular formula is C15H18N2O6. The molecule has 0 spiro atoms. The molecule has 0 bridgehead atoms. The fourth-order valence-electron chi connectivity index (χ4n) is 2.39. The number of ether oxygens (including phenoxy) is 1. The molecule has 3 N–H and O–H groups in total. The number of likely N-dealkylation sites (tertiary alicyclic amines) is 1. The summed E-state index contributed by atoms with van der Waals surface area (Å²) in [5.74, 6) is -2.64. The van der Waals surface area contributed by atoms with Crippen LogP contribution in [0.3, 0.4) is 0 Å². The lowest BCUT2D eigenvalue weighted by Crippen LogP contribution is -2.30. The van der Waals surface area contributed by atoms with Gasteiger partial charge in [-0.05, 0) is 18.2 Å². The maximum atomic E-state index is 12.2. The Labute approximate surface area is 132 Å². The van der Waals surface area contributed by atoms with Gasteiger partial charge in [-0.25, -0.2) is 4.79 Å². The van der Waals surface area contributed by atoms with Crippen molar-refractivity contribution < 1.29 is 29.3 Å². The van der Waals surface area contributed by atoms with Crippen LogP contribution in [-0.4, -0.2) is 59.7 Å². The van der Waals surface area contributed by atoms with Crippen molar-refractivity contribution in [2.24, 2.45) is 5.92 Å². The van der Waals surface area contributed by atoms with Crippen LogP contribution >= 0.6 is 0 Å². The number of carbonyl (C=O) groups excluding carboxylic acids is 2. The van der Waals surface area contributed by atoms with Crippen molar-refractivity contribution >= 4 is 23.5 Å². The highest BCUT2D eigenvalue weighted by atomic mass is 16.5. The fraction of sp³-hybridized carbons (Fsp3) is 0.400. The van der Waals surface area contributed by atoms with Crippen molar-refractivity contribution in [3.63, 3.8) is 0 Å². The van der Waals surface area contributed by atoms with Gasteiger partial charge < -0.3 is 25.2 Å². The molecule has 1 fully saturated rings. The first kappa shape index (κ1) is 16.8. The summed E-state index contributed by atoms with van der Waals surface area (Å²) in [4.78, 5) is 36.6. The zero-order valence-electron chi connectivity index (χ0n) is 12.6. The molecule has 1 aromatic carbocycles. The third kappa shape index (κ3) is 3.98.